The second-order valence-electron chi connectivity index (χ2n) is 12.1. The van der Waals surface area contributed by atoms with Gasteiger partial charge in [0.25, 0.3) is 0 Å². The number of nitrogens with one attached hydrogen (secondary N) is 3. The number of benzene rings is 3. The van der Waals surface area contributed by atoms with Gasteiger partial charge in [-0.25, -0.2) is 13.8 Å². The van der Waals surface area contributed by atoms with Crippen LogP contribution in [0.2, 0.25) is 0 Å². The fourth-order valence-corrected chi connectivity index (χ4v) is 6.10. The first-order valence-corrected chi connectivity index (χ1v) is 16.1. The predicted octanol–water partition coefficient (Wildman–Crippen LogP) is 6.74. The molecule has 4 aromatic rings. The lowest BCUT2D eigenvalue weighted by Gasteiger charge is -2.38. The van der Waals surface area contributed by atoms with Crippen molar-refractivity contribution in [2.75, 3.05) is 44.0 Å². The number of aromatic amines is 1. The number of rotatable bonds is 12. The van der Waals surface area contributed by atoms with Crippen molar-refractivity contribution in [3.05, 3.63) is 78.5 Å². The van der Waals surface area contributed by atoms with E-state index in [1.165, 1.54) is 55.7 Å². The van der Waals surface area contributed by atoms with Crippen LogP contribution in [0.1, 0.15) is 44.9 Å². The SMILES string of the molecule is COc1cc2c(Oc3ccc(NC(=O)C4(C(=O)Nc5ccc(F)cc5)CCC4)cc3F)cc[nH+]c2cc1OCCCN1CCCCC1. The molecule has 0 unspecified atom stereocenters. The molecule has 6 rings (SSSR count). The first kappa shape index (κ1) is 32.2. The lowest BCUT2D eigenvalue weighted by molar-refractivity contribution is -0.344. The van der Waals surface area contributed by atoms with Crippen molar-refractivity contribution in [2.24, 2.45) is 5.41 Å². The zero-order valence-corrected chi connectivity index (χ0v) is 26.4. The van der Waals surface area contributed by atoms with Gasteiger partial charge in [-0.3, -0.25) is 9.59 Å². The van der Waals surface area contributed by atoms with Gasteiger partial charge in [0, 0.05) is 36.1 Å². The Morgan fingerprint density at radius 2 is 1.55 bits per heavy atom. The number of ether oxygens (including phenoxy) is 3. The molecule has 2 heterocycles. The van der Waals surface area contributed by atoms with Gasteiger partial charge in [0.15, 0.2) is 29.3 Å². The van der Waals surface area contributed by atoms with E-state index in [4.69, 9.17) is 14.2 Å². The molecule has 1 aliphatic carbocycles. The van der Waals surface area contributed by atoms with Crippen LogP contribution in [0, 0.1) is 17.0 Å². The number of nitrogens with zero attached hydrogens (tertiary/aromatic N) is 1. The molecule has 0 radical (unpaired) electrons. The summed E-state index contributed by atoms with van der Waals surface area (Å²) in [6.07, 6.45) is 7.83. The molecule has 3 aromatic carbocycles. The number of hydrogen-bond donors (Lipinski definition) is 2. The lowest BCUT2D eigenvalue weighted by Crippen LogP contribution is -2.50. The number of carbonyl (C=O) groups excluding carboxylic acids is 2. The van der Waals surface area contributed by atoms with Gasteiger partial charge in [0.1, 0.15) is 17.0 Å². The van der Waals surface area contributed by atoms with Crippen LogP contribution in [-0.2, 0) is 9.59 Å². The minimum absolute atomic E-state index is 0.0417. The molecule has 1 aliphatic heterocycles. The molecule has 2 aliphatic rings. The van der Waals surface area contributed by atoms with Gasteiger partial charge in [0.2, 0.25) is 17.3 Å². The maximum absolute atomic E-state index is 15.3. The van der Waals surface area contributed by atoms with Crippen LogP contribution in [0.25, 0.3) is 10.9 Å². The Morgan fingerprint density at radius 1 is 0.830 bits per heavy atom. The van der Waals surface area contributed by atoms with E-state index in [0.29, 0.717) is 54.2 Å². The number of pyridine rings is 1. The van der Waals surface area contributed by atoms with E-state index >= 15 is 4.39 Å². The Kier molecular flexibility index (Phi) is 9.81. The van der Waals surface area contributed by atoms with Crippen molar-refractivity contribution in [1.82, 2.24) is 4.90 Å². The highest BCUT2D eigenvalue weighted by atomic mass is 19.1. The molecule has 3 N–H and O–H groups in total. The number of likely N-dealkylation sites (tertiary alicyclic amines) is 1. The third kappa shape index (κ3) is 7.30. The average molecular weight is 646 g/mol. The quantitative estimate of drug-likeness (QED) is 0.131. The van der Waals surface area contributed by atoms with Gasteiger partial charge in [-0.2, -0.15) is 0 Å². The van der Waals surface area contributed by atoms with Gasteiger partial charge in [-0.15, -0.1) is 0 Å². The van der Waals surface area contributed by atoms with E-state index in [1.54, 1.807) is 25.4 Å². The molecule has 9 nitrogen and oxygen atoms in total. The lowest BCUT2D eigenvalue weighted by atomic mass is 9.67. The standard InChI is InChI=1S/C36H38F2N4O5/c1-45-32-22-27-29(23-33(32)46-20-6-19-42-17-3-2-4-18-42)39-16-13-30(27)47-31-12-11-26(21-28(31)38)41-35(44)36(14-5-15-36)34(43)40-25-9-7-24(37)8-10-25/h7-13,16,21-23H,2-6,14-15,17-20H2,1H3,(H,40,43)(H,41,44)/p+1. The molecule has 1 aromatic heterocycles. The van der Waals surface area contributed by atoms with E-state index in [9.17, 15) is 14.0 Å². The maximum atomic E-state index is 15.3. The summed E-state index contributed by atoms with van der Waals surface area (Å²) in [5, 5.41) is 6.05. The van der Waals surface area contributed by atoms with Crippen LogP contribution in [0.15, 0.2) is 66.9 Å². The summed E-state index contributed by atoms with van der Waals surface area (Å²) in [5.41, 5.74) is 0.00622. The fraction of sp³-hybridized carbons (Fsp3) is 0.361. The molecule has 1 saturated heterocycles. The van der Waals surface area contributed by atoms with Crippen molar-refractivity contribution in [3.8, 4) is 23.0 Å². The summed E-state index contributed by atoms with van der Waals surface area (Å²) in [5.74, 6) is -0.640. The summed E-state index contributed by atoms with van der Waals surface area (Å²) >= 11 is 0. The van der Waals surface area contributed by atoms with E-state index in [0.717, 1.165) is 37.6 Å². The largest absolute Gasteiger partial charge is 0.493 e. The molecule has 11 heteroatoms. The number of halogens is 2. The summed E-state index contributed by atoms with van der Waals surface area (Å²) in [7, 11) is 1.57. The zero-order chi connectivity index (χ0) is 32.8. The number of carbonyl (C=O) groups is 2. The molecule has 0 atom stereocenters. The fourth-order valence-electron chi connectivity index (χ4n) is 6.10. The number of hydrogen-bond acceptors (Lipinski definition) is 6. The summed E-state index contributed by atoms with van der Waals surface area (Å²) in [6, 6.07) is 14.8. The Balaban J connectivity index is 1.11. The monoisotopic (exact) mass is 645 g/mol. The van der Waals surface area contributed by atoms with Crippen LogP contribution < -0.4 is 29.8 Å². The van der Waals surface area contributed by atoms with Crippen molar-refractivity contribution in [3.63, 3.8) is 0 Å². The number of H-pyrrole nitrogens is 1. The first-order chi connectivity index (χ1) is 22.8. The normalized spacial score (nSPS) is 15.8. The molecule has 0 bridgehead atoms. The number of piperidine rings is 1. The van der Waals surface area contributed by atoms with Crippen LogP contribution in [-0.4, -0.2) is 50.1 Å². The molecular formula is C36H39F2N4O5+. The Bertz CT molecular complexity index is 1740. The van der Waals surface area contributed by atoms with Crippen molar-refractivity contribution >= 4 is 34.1 Å². The second kappa shape index (κ2) is 14.3. The van der Waals surface area contributed by atoms with Gasteiger partial charge in [-0.1, -0.05) is 12.8 Å². The highest BCUT2D eigenvalue weighted by molar-refractivity contribution is 6.15. The van der Waals surface area contributed by atoms with Crippen LogP contribution >= 0.6 is 0 Å². The van der Waals surface area contributed by atoms with Crippen LogP contribution in [0.3, 0.4) is 0 Å². The number of anilines is 2. The average Bonchev–Trinajstić information content (AvgIpc) is 3.05. The van der Waals surface area contributed by atoms with E-state index in [-0.39, 0.29) is 11.4 Å². The summed E-state index contributed by atoms with van der Waals surface area (Å²) in [4.78, 5) is 32.0. The Hall–Kier alpha value is -4.77. The Labute approximate surface area is 272 Å². The second-order valence-corrected chi connectivity index (χ2v) is 12.1. The number of aromatic nitrogens is 1. The molecular weight excluding hydrogens is 606 g/mol. The maximum Gasteiger partial charge on any atom is 0.240 e. The highest BCUT2D eigenvalue weighted by Crippen LogP contribution is 2.43. The molecule has 47 heavy (non-hydrogen) atoms. The van der Waals surface area contributed by atoms with Gasteiger partial charge in [0.05, 0.1) is 25.2 Å². The third-order valence-electron chi connectivity index (χ3n) is 8.96. The third-order valence-corrected chi connectivity index (χ3v) is 8.96. The van der Waals surface area contributed by atoms with Crippen molar-refractivity contribution in [1.29, 1.82) is 0 Å². The molecule has 2 fully saturated rings. The van der Waals surface area contributed by atoms with Crippen molar-refractivity contribution in [2.45, 2.75) is 44.9 Å². The van der Waals surface area contributed by atoms with Gasteiger partial charge in [-0.05, 0) is 81.6 Å². The molecule has 0 spiro atoms. The van der Waals surface area contributed by atoms with Gasteiger partial charge >= 0.3 is 0 Å². The molecule has 1 saturated carbocycles. The smallest absolute Gasteiger partial charge is 0.240 e. The first-order valence-electron chi connectivity index (χ1n) is 16.1. The Morgan fingerprint density at radius 3 is 2.23 bits per heavy atom. The molecule has 2 amide bonds. The minimum atomic E-state index is -1.30. The number of fused-ring (bicyclic) bond motifs is 1. The van der Waals surface area contributed by atoms with Crippen molar-refractivity contribution < 1.29 is 37.6 Å². The predicted molar refractivity (Wildman–Crippen MR) is 174 cm³/mol. The van der Waals surface area contributed by atoms with E-state index < -0.39 is 28.9 Å². The molecule has 246 valence electrons. The summed E-state index contributed by atoms with van der Waals surface area (Å²) in [6.45, 7) is 3.85. The summed E-state index contributed by atoms with van der Waals surface area (Å²) < 4.78 is 46.3. The van der Waals surface area contributed by atoms with Gasteiger partial charge < -0.3 is 29.7 Å². The van der Waals surface area contributed by atoms with E-state index in [2.05, 4.69) is 20.5 Å². The highest BCUT2D eigenvalue weighted by Gasteiger charge is 2.51. The number of methoxy groups -OCH3 is 1. The zero-order valence-electron chi connectivity index (χ0n) is 26.4. The number of amides is 2. The van der Waals surface area contributed by atoms with E-state index in [1.807, 2.05) is 6.07 Å². The minimum Gasteiger partial charge on any atom is -0.493 e. The van der Waals surface area contributed by atoms with Crippen LogP contribution in [0.5, 0.6) is 23.0 Å². The topological polar surface area (TPSA) is 103 Å². The van der Waals surface area contributed by atoms with Crippen LogP contribution in [0.4, 0.5) is 20.2 Å².